The predicted molar refractivity (Wildman–Crippen MR) is 80.9 cm³/mol. The molecule has 0 bridgehead atoms. The van der Waals surface area contributed by atoms with Gasteiger partial charge in [0.25, 0.3) is 0 Å². The van der Waals surface area contributed by atoms with Crippen LogP contribution in [0.5, 0.6) is 0 Å². The Morgan fingerprint density at radius 3 is 3.05 bits per heavy atom. The maximum absolute atomic E-state index is 9.97. The van der Waals surface area contributed by atoms with E-state index in [0.717, 1.165) is 19.5 Å². The molecule has 21 heavy (non-hydrogen) atoms. The van der Waals surface area contributed by atoms with Crippen LogP contribution in [-0.2, 0) is 11.3 Å². The van der Waals surface area contributed by atoms with Gasteiger partial charge < -0.3 is 15.2 Å². The second-order valence-corrected chi connectivity index (χ2v) is 5.85. The molecule has 0 radical (unpaired) electrons. The van der Waals surface area contributed by atoms with Crippen LogP contribution in [0.25, 0.3) is 0 Å². The average Bonchev–Trinajstić information content (AvgIpc) is 3.03. The van der Waals surface area contributed by atoms with E-state index in [-0.39, 0.29) is 0 Å². The van der Waals surface area contributed by atoms with Gasteiger partial charge in [-0.25, -0.2) is 0 Å². The van der Waals surface area contributed by atoms with Gasteiger partial charge in [-0.1, -0.05) is 31.4 Å². The molecule has 3 atom stereocenters. The highest BCUT2D eigenvalue weighted by atomic mass is 16.5. The number of aliphatic hydroxyl groups is 1. The summed E-state index contributed by atoms with van der Waals surface area (Å²) in [5.41, 5.74) is 0. The Kier molecular flexibility index (Phi) is 7.12. The van der Waals surface area contributed by atoms with E-state index in [1.807, 2.05) is 6.20 Å². The Morgan fingerprint density at radius 2 is 2.29 bits per heavy atom. The van der Waals surface area contributed by atoms with E-state index in [0.29, 0.717) is 25.2 Å². The molecule has 1 aliphatic rings. The molecule has 0 spiro atoms. The van der Waals surface area contributed by atoms with E-state index >= 15 is 0 Å². The molecule has 0 saturated heterocycles. The fourth-order valence-corrected chi connectivity index (χ4v) is 2.97. The van der Waals surface area contributed by atoms with E-state index in [4.69, 9.17) is 4.74 Å². The van der Waals surface area contributed by atoms with Gasteiger partial charge in [-0.3, -0.25) is 4.68 Å². The number of rotatable bonds is 9. The molecule has 1 fully saturated rings. The highest BCUT2D eigenvalue weighted by Gasteiger charge is 2.24. The molecule has 1 aromatic heterocycles. The summed E-state index contributed by atoms with van der Waals surface area (Å²) >= 11 is 0. The van der Waals surface area contributed by atoms with Crippen LogP contribution in [0, 0.1) is 5.92 Å². The van der Waals surface area contributed by atoms with Crippen LogP contribution in [0.1, 0.15) is 39.0 Å². The zero-order valence-electron chi connectivity index (χ0n) is 12.9. The number of hydrogen-bond donors (Lipinski definition) is 2. The summed E-state index contributed by atoms with van der Waals surface area (Å²) < 4.78 is 7.70. The molecule has 3 unspecified atom stereocenters. The van der Waals surface area contributed by atoms with Gasteiger partial charge in [0.05, 0.1) is 31.6 Å². The lowest BCUT2D eigenvalue weighted by atomic mass is 9.85. The van der Waals surface area contributed by atoms with Gasteiger partial charge >= 0.3 is 0 Å². The lowest BCUT2D eigenvalue weighted by molar-refractivity contribution is -0.0498. The maximum Gasteiger partial charge on any atom is 0.0897 e. The summed E-state index contributed by atoms with van der Waals surface area (Å²) in [5.74, 6) is 0.672. The zero-order valence-corrected chi connectivity index (χ0v) is 12.9. The van der Waals surface area contributed by atoms with Crippen molar-refractivity contribution in [3.05, 3.63) is 12.4 Å². The molecule has 1 heterocycles. The van der Waals surface area contributed by atoms with Crippen molar-refractivity contribution in [1.82, 2.24) is 20.3 Å². The molecule has 1 saturated carbocycles. The fourth-order valence-electron chi connectivity index (χ4n) is 2.97. The first kappa shape index (κ1) is 16.4. The van der Waals surface area contributed by atoms with Crippen molar-refractivity contribution in [1.29, 1.82) is 0 Å². The minimum Gasteiger partial charge on any atom is -0.389 e. The van der Waals surface area contributed by atoms with Gasteiger partial charge in [0.1, 0.15) is 0 Å². The molecule has 6 nitrogen and oxygen atoms in total. The van der Waals surface area contributed by atoms with Crippen molar-refractivity contribution in [3.8, 4) is 0 Å². The Balaban J connectivity index is 1.55. The lowest BCUT2D eigenvalue weighted by Gasteiger charge is -2.31. The van der Waals surface area contributed by atoms with Crippen molar-refractivity contribution < 1.29 is 9.84 Å². The normalized spacial score (nSPS) is 24.1. The van der Waals surface area contributed by atoms with Gasteiger partial charge in [-0.05, 0) is 18.8 Å². The number of nitrogens with one attached hydrogen (secondary N) is 1. The largest absolute Gasteiger partial charge is 0.389 e. The summed E-state index contributed by atoms with van der Waals surface area (Å²) in [5, 5.41) is 20.8. The van der Waals surface area contributed by atoms with Gasteiger partial charge in [-0.15, -0.1) is 5.10 Å². The summed E-state index contributed by atoms with van der Waals surface area (Å²) in [6, 6.07) is 0. The quantitative estimate of drug-likeness (QED) is 0.670. The van der Waals surface area contributed by atoms with Crippen LogP contribution >= 0.6 is 0 Å². The number of hydrogen-bond acceptors (Lipinski definition) is 5. The van der Waals surface area contributed by atoms with Crippen molar-refractivity contribution in [2.24, 2.45) is 5.92 Å². The number of aliphatic hydroxyl groups excluding tert-OH is 1. The minimum absolute atomic E-state index is 0.341. The van der Waals surface area contributed by atoms with E-state index in [9.17, 15) is 5.11 Å². The number of aromatic nitrogens is 3. The highest BCUT2D eigenvalue weighted by molar-refractivity contribution is 4.75. The smallest absolute Gasteiger partial charge is 0.0897 e. The molecule has 0 amide bonds. The molecule has 0 aromatic carbocycles. The molecule has 1 aliphatic carbocycles. The number of ether oxygens (including phenoxy) is 1. The van der Waals surface area contributed by atoms with Crippen LogP contribution in [0.2, 0.25) is 0 Å². The molecule has 2 N–H and O–H groups in total. The Morgan fingerprint density at radius 1 is 1.43 bits per heavy atom. The molecule has 120 valence electrons. The Hall–Kier alpha value is -0.980. The SMILES string of the molecule is CCC1CCCCC1OCC(O)CNCCn1ccnn1. The molecule has 1 aromatic rings. The predicted octanol–water partition coefficient (Wildman–Crippen LogP) is 1.21. The van der Waals surface area contributed by atoms with E-state index in [1.165, 1.54) is 25.7 Å². The summed E-state index contributed by atoms with van der Waals surface area (Å²) in [7, 11) is 0. The van der Waals surface area contributed by atoms with Crippen LogP contribution in [0.15, 0.2) is 12.4 Å². The van der Waals surface area contributed by atoms with E-state index in [2.05, 4.69) is 22.6 Å². The highest BCUT2D eigenvalue weighted by Crippen LogP contribution is 2.29. The Bertz CT molecular complexity index is 372. The van der Waals surface area contributed by atoms with Crippen molar-refractivity contribution in [2.45, 2.75) is 57.8 Å². The van der Waals surface area contributed by atoms with Crippen LogP contribution in [0.3, 0.4) is 0 Å². The first-order valence-electron chi connectivity index (χ1n) is 8.14. The van der Waals surface area contributed by atoms with E-state index in [1.54, 1.807) is 10.9 Å². The zero-order chi connectivity index (χ0) is 14.9. The first-order chi connectivity index (χ1) is 10.3. The molecule has 0 aliphatic heterocycles. The standard InChI is InChI=1S/C15H28N4O2/c1-2-13-5-3-4-6-15(13)21-12-14(20)11-16-7-9-19-10-8-17-18-19/h8,10,13-16,20H,2-7,9,11-12H2,1H3. The minimum atomic E-state index is -0.444. The number of nitrogens with zero attached hydrogens (tertiary/aromatic N) is 3. The van der Waals surface area contributed by atoms with Crippen molar-refractivity contribution in [3.63, 3.8) is 0 Å². The van der Waals surface area contributed by atoms with Crippen molar-refractivity contribution in [2.75, 3.05) is 19.7 Å². The molecule has 6 heteroatoms. The van der Waals surface area contributed by atoms with Gasteiger partial charge in [0.15, 0.2) is 0 Å². The van der Waals surface area contributed by atoms with Crippen LogP contribution in [0.4, 0.5) is 0 Å². The van der Waals surface area contributed by atoms with Crippen LogP contribution < -0.4 is 5.32 Å². The second-order valence-electron chi connectivity index (χ2n) is 5.85. The monoisotopic (exact) mass is 296 g/mol. The van der Waals surface area contributed by atoms with Gasteiger partial charge in [0, 0.05) is 19.3 Å². The Labute approximate surface area is 126 Å². The third kappa shape index (κ3) is 5.73. The summed E-state index contributed by atoms with van der Waals surface area (Å²) in [4.78, 5) is 0. The average molecular weight is 296 g/mol. The summed E-state index contributed by atoms with van der Waals surface area (Å²) in [6.07, 6.45) is 9.56. The summed E-state index contributed by atoms with van der Waals surface area (Å²) in [6.45, 7) is 4.74. The third-order valence-electron chi connectivity index (χ3n) is 4.24. The third-order valence-corrected chi connectivity index (χ3v) is 4.24. The van der Waals surface area contributed by atoms with Crippen molar-refractivity contribution >= 4 is 0 Å². The lowest BCUT2D eigenvalue weighted by Crippen LogP contribution is -2.36. The van der Waals surface area contributed by atoms with E-state index < -0.39 is 6.10 Å². The van der Waals surface area contributed by atoms with Gasteiger partial charge in [-0.2, -0.15) is 0 Å². The topological polar surface area (TPSA) is 72.2 Å². The van der Waals surface area contributed by atoms with Crippen LogP contribution in [-0.4, -0.2) is 52.0 Å². The molecule has 2 rings (SSSR count). The fraction of sp³-hybridized carbons (Fsp3) is 0.867. The molecular formula is C15H28N4O2. The second kappa shape index (κ2) is 9.12. The van der Waals surface area contributed by atoms with Gasteiger partial charge in [0.2, 0.25) is 0 Å². The maximum atomic E-state index is 9.97. The first-order valence-corrected chi connectivity index (χ1v) is 8.14. The molecular weight excluding hydrogens is 268 g/mol.